The quantitative estimate of drug-likeness (QED) is 0.578. The molecule has 0 fully saturated rings. The zero-order chi connectivity index (χ0) is 12.1. The van der Waals surface area contributed by atoms with Crippen molar-refractivity contribution < 1.29 is 14.8 Å². The van der Waals surface area contributed by atoms with Crippen LogP contribution in [0.1, 0.15) is 12.5 Å². The third kappa shape index (κ3) is 3.32. The largest absolute Gasteiger partial charge is 0.480 e. The molecule has 1 aromatic carbocycles. The number of nitrogens with one attached hydrogen (secondary N) is 1. The number of carboxylic acids is 1. The van der Waals surface area contributed by atoms with E-state index in [1.165, 1.54) is 19.1 Å². The van der Waals surface area contributed by atoms with Crippen molar-refractivity contribution in [3.05, 3.63) is 39.9 Å². The molecule has 0 unspecified atom stereocenters. The Morgan fingerprint density at radius 2 is 2.31 bits per heavy atom. The fourth-order valence-electron chi connectivity index (χ4n) is 1.14. The third-order valence-corrected chi connectivity index (χ3v) is 2.10. The van der Waals surface area contributed by atoms with Gasteiger partial charge in [0.05, 0.1) is 4.92 Å². The van der Waals surface area contributed by atoms with E-state index in [9.17, 15) is 14.9 Å². The molecule has 0 saturated carbocycles. The Morgan fingerprint density at radius 1 is 1.62 bits per heavy atom. The number of aliphatic carboxylic acids is 1. The van der Waals surface area contributed by atoms with Gasteiger partial charge in [-0.2, -0.15) is 0 Å². The van der Waals surface area contributed by atoms with Crippen LogP contribution in [0.4, 0.5) is 5.69 Å². The maximum absolute atomic E-state index is 10.5. The lowest BCUT2D eigenvalue weighted by atomic mass is 10.2. The van der Waals surface area contributed by atoms with Crippen molar-refractivity contribution >= 4 is 11.7 Å². The summed E-state index contributed by atoms with van der Waals surface area (Å²) in [6, 6.07) is 5.40. The van der Waals surface area contributed by atoms with E-state index in [1.54, 1.807) is 12.1 Å². The van der Waals surface area contributed by atoms with Gasteiger partial charge in [-0.1, -0.05) is 12.1 Å². The van der Waals surface area contributed by atoms with E-state index in [2.05, 4.69) is 5.32 Å². The Kier molecular flexibility index (Phi) is 3.96. The molecule has 86 valence electrons. The topological polar surface area (TPSA) is 92.5 Å². The van der Waals surface area contributed by atoms with Crippen molar-refractivity contribution in [3.8, 4) is 0 Å². The van der Waals surface area contributed by atoms with Gasteiger partial charge in [0.2, 0.25) is 0 Å². The molecule has 0 saturated heterocycles. The molecule has 2 N–H and O–H groups in total. The van der Waals surface area contributed by atoms with Crippen molar-refractivity contribution in [2.75, 3.05) is 0 Å². The standard InChI is InChI=1S/C10H12N2O4/c1-7(10(13)14)11-6-8-3-2-4-9(5-8)12(15)16/h2-5,7,11H,6H2,1H3,(H,13,14)/t7-/m1/s1. The first kappa shape index (κ1) is 12.1. The monoisotopic (exact) mass is 224 g/mol. The molecular formula is C10H12N2O4. The van der Waals surface area contributed by atoms with Gasteiger partial charge >= 0.3 is 5.97 Å². The average Bonchev–Trinajstić information content (AvgIpc) is 2.26. The number of carboxylic acid groups (broad SMARTS) is 1. The van der Waals surface area contributed by atoms with Crippen LogP contribution < -0.4 is 5.32 Å². The first-order valence-corrected chi connectivity index (χ1v) is 4.70. The summed E-state index contributed by atoms with van der Waals surface area (Å²) in [5, 5.41) is 21.9. The number of non-ortho nitro benzene ring substituents is 1. The van der Waals surface area contributed by atoms with Crippen LogP contribution in [-0.4, -0.2) is 22.0 Å². The molecular weight excluding hydrogens is 212 g/mol. The number of rotatable bonds is 5. The molecule has 0 bridgehead atoms. The van der Waals surface area contributed by atoms with Crippen LogP contribution in [-0.2, 0) is 11.3 Å². The summed E-state index contributed by atoms with van der Waals surface area (Å²) in [5.74, 6) is -0.953. The highest BCUT2D eigenvalue weighted by Crippen LogP contribution is 2.12. The minimum atomic E-state index is -0.953. The smallest absolute Gasteiger partial charge is 0.320 e. The van der Waals surface area contributed by atoms with Crippen molar-refractivity contribution in [3.63, 3.8) is 0 Å². The lowest BCUT2D eigenvalue weighted by Crippen LogP contribution is -2.33. The predicted molar refractivity (Wildman–Crippen MR) is 57.0 cm³/mol. The highest BCUT2D eigenvalue weighted by molar-refractivity contribution is 5.72. The molecule has 0 spiro atoms. The first-order valence-electron chi connectivity index (χ1n) is 4.70. The van der Waals surface area contributed by atoms with Crippen LogP contribution >= 0.6 is 0 Å². The van der Waals surface area contributed by atoms with Gasteiger partial charge < -0.3 is 10.4 Å². The summed E-state index contributed by atoms with van der Waals surface area (Å²) >= 11 is 0. The zero-order valence-electron chi connectivity index (χ0n) is 8.71. The lowest BCUT2D eigenvalue weighted by Gasteiger charge is -2.08. The number of hydrogen-bond donors (Lipinski definition) is 2. The van der Waals surface area contributed by atoms with Crippen LogP contribution in [0.2, 0.25) is 0 Å². The molecule has 0 aliphatic carbocycles. The van der Waals surface area contributed by atoms with Crippen molar-refractivity contribution in [2.24, 2.45) is 0 Å². The van der Waals surface area contributed by atoms with Gasteiger partial charge in [0.25, 0.3) is 5.69 Å². The Bertz CT molecular complexity index is 406. The number of nitro benzene ring substituents is 1. The highest BCUT2D eigenvalue weighted by atomic mass is 16.6. The number of nitro groups is 1. The van der Waals surface area contributed by atoms with E-state index in [1.807, 2.05) is 0 Å². The predicted octanol–water partition coefficient (Wildman–Crippen LogP) is 1.16. The second-order valence-corrected chi connectivity index (χ2v) is 3.37. The second-order valence-electron chi connectivity index (χ2n) is 3.37. The summed E-state index contributed by atoms with van der Waals surface area (Å²) in [5.41, 5.74) is 0.685. The first-order chi connectivity index (χ1) is 7.50. The summed E-state index contributed by atoms with van der Waals surface area (Å²) in [6.07, 6.45) is 0. The minimum Gasteiger partial charge on any atom is -0.480 e. The van der Waals surface area contributed by atoms with Crippen LogP contribution in [0.3, 0.4) is 0 Å². The van der Waals surface area contributed by atoms with Crippen molar-refractivity contribution in [1.82, 2.24) is 5.32 Å². The van der Waals surface area contributed by atoms with Crippen LogP contribution in [0.5, 0.6) is 0 Å². The molecule has 1 aromatic rings. The Labute approximate surface area is 92.0 Å². The SMILES string of the molecule is C[C@@H](NCc1cccc([N+](=O)[O-])c1)C(=O)O. The van der Waals surface area contributed by atoms with E-state index in [0.717, 1.165) is 0 Å². The van der Waals surface area contributed by atoms with E-state index in [-0.39, 0.29) is 12.2 Å². The maximum atomic E-state index is 10.5. The molecule has 0 aromatic heterocycles. The fraction of sp³-hybridized carbons (Fsp3) is 0.300. The fourth-order valence-corrected chi connectivity index (χ4v) is 1.14. The van der Waals surface area contributed by atoms with Gasteiger partial charge in [-0.25, -0.2) is 0 Å². The van der Waals surface area contributed by atoms with Crippen LogP contribution in [0, 0.1) is 10.1 Å². The maximum Gasteiger partial charge on any atom is 0.320 e. The van der Waals surface area contributed by atoms with E-state index in [0.29, 0.717) is 5.56 Å². The molecule has 6 heteroatoms. The highest BCUT2D eigenvalue weighted by Gasteiger charge is 2.10. The van der Waals surface area contributed by atoms with Gasteiger partial charge in [-0.3, -0.25) is 14.9 Å². The molecule has 0 radical (unpaired) electrons. The van der Waals surface area contributed by atoms with E-state index < -0.39 is 16.9 Å². The minimum absolute atomic E-state index is 0.00211. The molecule has 0 amide bonds. The van der Waals surface area contributed by atoms with E-state index in [4.69, 9.17) is 5.11 Å². The summed E-state index contributed by atoms with van der Waals surface area (Å²) in [4.78, 5) is 20.5. The molecule has 6 nitrogen and oxygen atoms in total. The van der Waals surface area contributed by atoms with Gasteiger partial charge in [0, 0.05) is 18.7 Å². The van der Waals surface area contributed by atoms with Crippen molar-refractivity contribution in [2.45, 2.75) is 19.5 Å². The second kappa shape index (κ2) is 5.22. The van der Waals surface area contributed by atoms with Gasteiger partial charge in [-0.05, 0) is 12.5 Å². The molecule has 0 aliphatic rings. The normalized spacial score (nSPS) is 12.1. The third-order valence-electron chi connectivity index (χ3n) is 2.10. The Balaban J connectivity index is 2.64. The molecule has 16 heavy (non-hydrogen) atoms. The molecule has 1 rings (SSSR count). The van der Waals surface area contributed by atoms with Crippen LogP contribution in [0.25, 0.3) is 0 Å². The molecule has 0 heterocycles. The van der Waals surface area contributed by atoms with E-state index >= 15 is 0 Å². The van der Waals surface area contributed by atoms with Gasteiger partial charge in [0.15, 0.2) is 0 Å². The zero-order valence-corrected chi connectivity index (χ0v) is 8.71. The Hall–Kier alpha value is -1.95. The van der Waals surface area contributed by atoms with Crippen molar-refractivity contribution in [1.29, 1.82) is 0 Å². The lowest BCUT2D eigenvalue weighted by molar-refractivity contribution is -0.384. The van der Waals surface area contributed by atoms with Crippen LogP contribution in [0.15, 0.2) is 24.3 Å². The average molecular weight is 224 g/mol. The number of nitrogens with zero attached hydrogens (tertiary/aromatic N) is 1. The number of carbonyl (C=O) groups is 1. The summed E-state index contributed by atoms with van der Waals surface area (Å²) in [7, 11) is 0. The Morgan fingerprint density at radius 3 is 2.88 bits per heavy atom. The molecule has 0 aliphatic heterocycles. The number of benzene rings is 1. The van der Waals surface area contributed by atoms with Gasteiger partial charge in [0.1, 0.15) is 6.04 Å². The number of hydrogen-bond acceptors (Lipinski definition) is 4. The molecule has 1 atom stereocenters. The van der Waals surface area contributed by atoms with Gasteiger partial charge in [-0.15, -0.1) is 0 Å². The summed E-state index contributed by atoms with van der Waals surface area (Å²) < 4.78 is 0. The summed E-state index contributed by atoms with van der Waals surface area (Å²) in [6.45, 7) is 1.80.